The summed E-state index contributed by atoms with van der Waals surface area (Å²) in [6.07, 6.45) is 0.960. The molecule has 2 N–H and O–H groups in total. The molecule has 8 heteroatoms. The van der Waals surface area contributed by atoms with Crippen LogP contribution in [0, 0.1) is 13.8 Å². The Morgan fingerprint density at radius 2 is 1.65 bits per heavy atom. The molecule has 0 aromatic heterocycles. The minimum Gasteiger partial charge on any atom is -0.504 e. The van der Waals surface area contributed by atoms with E-state index < -0.39 is 11.9 Å². The lowest BCUT2D eigenvalue weighted by molar-refractivity contribution is -0.116. The highest BCUT2D eigenvalue weighted by Crippen LogP contribution is 2.27. The summed E-state index contributed by atoms with van der Waals surface area (Å²) >= 11 is 0. The molecular weight excluding hydrogens is 436 g/mol. The fraction of sp³-hybridized carbons (Fsp3) is 0.385. The van der Waals surface area contributed by atoms with Gasteiger partial charge in [-0.05, 0) is 45.0 Å². The van der Waals surface area contributed by atoms with Crippen LogP contribution in [0.25, 0.3) is 0 Å². The molecule has 3 amide bonds. The predicted molar refractivity (Wildman–Crippen MR) is 128 cm³/mol. The third-order valence-electron chi connectivity index (χ3n) is 5.39. The second-order valence-corrected chi connectivity index (χ2v) is 8.33. The molecule has 0 bridgehead atoms. The number of methoxy groups -OCH3 is 1. The number of imide groups is 1. The molecule has 2 aromatic rings. The molecule has 0 saturated carbocycles. The van der Waals surface area contributed by atoms with Gasteiger partial charge in [0.15, 0.2) is 0 Å². The number of aryl methyl sites for hydroxylation is 2. The molecule has 2 aromatic carbocycles. The van der Waals surface area contributed by atoms with Crippen molar-refractivity contribution in [1.82, 2.24) is 10.6 Å². The molecule has 1 aliphatic rings. The Morgan fingerprint density at radius 3 is 2.26 bits per heavy atom. The highest BCUT2D eigenvalue weighted by Gasteiger charge is 2.37. The number of carbonyl (C=O) groups is 2. The highest BCUT2D eigenvalue weighted by molar-refractivity contribution is 6.03. The molecule has 0 aliphatic carbocycles. The maximum atomic E-state index is 12.1. The van der Waals surface area contributed by atoms with Crippen molar-refractivity contribution in [1.29, 1.82) is 0 Å². The summed E-state index contributed by atoms with van der Waals surface area (Å²) in [7, 11) is 1.43. The summed E-state index contributed by atoms with van der Waals surface area (Å²) in [6.45, 7) is 6.12. The van der Waals surface area contributed by atoms with Crippen molar-refractivity contribution < 1.29 is 28.5 Å². The number of benzene rings is 2. The van der Waals surface area contributed by atoms with Gasteiger partial charge in [-0.15, -0.1) is 0 Å². The van der Waals surface area contributed by atoms with Crippen LogP contribution in [-0.2, 0) is 14.3 Å². The van der Waals surface area contributed by atoms with Crippen LogP contribution >= 0.6 is 0 Å². The minimum atomic E-state index is -0.604. The van der Waals surface area contributed by atoms with Crippen molar-refractivity contribution in [2.24, 2.45) is 0 Å². The summed E-state index contributed by atoms with van der Waals surface area (Å²) in [5.74, 6) is 0.968. The molecule has 34 heavy (non-hydrogen) atoms. The number of hydrogen-bond donors (Lipinski definition) is 2. The van der Waals surface area contributed by atoms with Crippen LogP contribution in [0.5, 0.6) is 11.5 Å². The van der Waals surface area contributed by atoms with E-state index in [1.807, 2.05) is 62.4 Å². The maximum Gasteiger partial charge on any atom is 0.321 e. The van der Waals surface area contributed by atoms with E-state index in [1.54, 1.807) is 6.92 Å². The summed E-state index contributed by atoms with van der Waals surface area (Å²) in [6, 6.07) is 15.0. The lowest BCUT2D eigenvalue weighted by Crippen LogP contribution is -2.43. The Hall–Kier alpha value is -3.52. The average molecular weight is 469 g/mol. The first-order chi connectivity index (χ1) is 16.3. The summed E-state index contributed by atoms with van der Waals surface area (Å²) < 4.78 is 23.1. The van der Waals surface area contributed by atoms with Gasteiger partial charge >= 0.3 is 6.03 Å². The van der Waals surface area contributed by atoms with Gasteiger partial charge < -0.3 is 24.3 Å². The van der Waals surface area contributed by atoms with Gasteiger partial charge in [-0.1, -0.05) is 35.4 Å². The van der Waals surface area contributed by atoms with E-state index in [0.29, 0.717) is 13.0 Å². The van der Waals surface area contributed by atoms with Crippen molar-refractivity contribution in [3.8, 4) is 11.5 Å². The Bertz CT molecular complexity index is 987. The fourth-order valence-corrected chi connectivity index (χ4v) is 3.49. The Morgan fingerprint density at radius 1 is 1.03 bits per heavy atom. The molecular formula is C26H32N2O6. The molecule has 1 saturated heterocycles. The summed E-state index contributed by atoms with van der Waals surface area (Å²) in [5, 5.41) is 4.94. The van der Waals surface area contributed by atoms with E-state index in [-0.39, 0.29) is 30.4 Å². The predicted octanol–water partition coefficient (Wildman–Crippen LogP) is 3.66. The van der Waals surface area contributed by atoms with Crippen LogP contribution in [0.1, 0.15) is 24.5 Å². The van der Waals surface area contributed by atoms with E-state index in [4.69, 9.17) is 18.9 Å². The number of ether oxygens (including phenoxy) is 4. The topological polar surface area (TPSA) is 95.1 Å². The number of hydrogen-bond acceptors (Lipinski definition) is 6. The maximum absolute atomic E-state index is 12.1. The van der Waals surface area contributed by atoms with E-state index in [9.17, 15) is 9.59 Å². The van der Waals surface area contributed by atoms with Gasteiger partial charge in [0.05, 0.1) is 19.5 Å². The zero-order valence-corrected chi connectivity index (χ0v) is 20.0. The molecule has 0 radical (unpaired) electrons. The third kappa shape index (κ3) is 7.52. The molecule has 0 spiro atoms. The van der Waals surface area contributed by atoms with Gasteiger partial charge in [-0.2, -0.15) is 0 Å². The number of rotatable bonds is 9. The first kappa shape index (κ1) is 25.1. The third-order valence-corrected chi connectivity index (χ3v) is 5.39. The second-order valence-electron chi connectivity index (χ2n) is 8.33. The van der Waals surface area contributed by atoms with Crippen molar-refractivity contribution in [3.63, 3.8) is 0 Å². The van der Waals surface area contributed by atoms with Gasteiger partial charge in [-0.25, -0.2) is 4.79 Å². The number of amides is 3. The van der Waals surface area contributed by atoms with Gasteiger partial charge in [-0.3, -0.25) is 10.1 Å². The minimum absolute atomic E-state index is 0.223. The van der Waals surface area contributed by atoms with E-state index in [0.717, 1.165) is 22.6 Å². The summed E-state index contributed by atoms with van der Waals surface area (Å²) in [5.41, 5.74) is 2.59. The molecule has 8 nitrogen and oxygen atoms in total. The lowest BCUT2D eigenvalue weighted by Gasteiger charge is -2.20. The van der Waals surface area contributed by atoms with Gasteiger partial charge in [0, 0.05) is 18.5 Å². The summed E-state index contributed by atoms with van der Waals surface area (Å²) in [4.78, 5) is 24.0. The molecule has 1 heterocycles. The van der Waals surface area contributed by atoms with Gasteiger partial charge in [0.25, 0.3) is 5.91 Å². The quantitative estimate of drug-likeness (QED) is 0.431. The van der Waals surface area contributed by atoms with Crippen LogP contribution in [0.3, 0.4) is 0 Å². The van der Waals surface area contributed by atoms with Gasteiger partial charge in [0.2, 0.25) is 0 Å². The first-order valence-electron chi connectivity index (χ1n) is 11.2. The normalized spacial score (nSPS) is 19.9. The second kappa shape index (κ2) is 12.1. The standard InChI is InChI=1S/C26H32N2O6/c1-17-5-9-20(10-6-17)32-16-24-23(33-21-11-7-18(2)8-12-21)13-22(34-24)14-27-26(30)28-25(29)19(3)15-31-4/h5-12,15,22-24H,13-14,16H2,1-4H3,(H2,27,28,29,30)/b19-15+/t22-,23+,24-/m1/s1. The van der Waals surface area contributed by atoms with Crippen molar-refractivity contribution >= 4 is 11.9 Å². The van der Waals surface area contributed by atoms with Crippen molar-refractivity contribution in [3.05, 3.63) is 71.5 Å². The zero-order valence-electron chi connectivity index (χ0n) is 20.0. The van der Waals surface area contributed by atoms with E-state index >= 15 is 0 Å². The Kier molecular flexibility index (Phi) is 8.93. The van der Waals surface area contributed by atoms with Gasteiger partial charge in [0.1, 0.15) is 30.3 Å². The van der Waals surface area contributed by atoms with Crippen molar-refractivity contribution in [2.75, 3.05) is 20.3 Å². The first-order valence-corrected chi connectivity index (χ1v) is 11.2. The van der Waals surface area contributed by atoms with Crippen LogP contribution in [0.2, 0.25) is 0 Å². The zero-order chi connectivity index (χ0) is 24.5. The fourth-order valence-electron chi connectivity index (χ4n) is 3.49. The molecule has 3 atom stereocenters. The molecule has 1 aliphatic heterocycles. The van der Waals surface area contributed by atoms with Crippen LogP contribution < -0.4 is 20.1 Å². The van der Waals surface area contributed by atoms with Crippen LogP contribution in [0.15, 0.2) is 60.4 Å². The highest BCUT2D eigenvalue weighted by atomic mass is 16.6. The molecule has 3 rings (SSSR count). The molecule has 1 fully saturated rings. The Labute approximate surface area is 200 Å². The monoisotopic (exact) mass is 468 g/mol. The largest absolute Gasteiger partial charge is 0.504 e. The van der Waals surface area contributed by atoms with Crippen LogP contribution in [-0.4, -0.2) is 50.5 Å². The molecule has 0 unspecified atom stereocenters. The Balaban J connectivity index is 1.58. The number of urea groups is 1. The SMILES string of the molecule is CO/C=C(\C)C(=O)NC(=O)NC[C@H]1C[C@H](Oc2ccc(C)cc2)[C@@H](COc2ccc(C)cc2)O1. The van der Waals surface area contributed by atoms with E-state index in [1.165, 1.54) is 13.4 Å². The number of carbonyl (C=O) groups excluding carboxylic acids is 2. The van der Waals surface area contributed by atoms with Crippen LogP contribution in [0.4, 0.5) is 4.79 Å². The molecule has 182 valence electrons. The smallest absolute Gasteiger partial charge is 0.321 e. The lowest BCUT2D eigenvalue weighted by atomic mass is 10.1. The number of nitrogens with one attached hydrogen (secondary N) is 2. The average Bonchev–Trinajstić information content (AvgIpc) is 3.20. The van der Waals surface area contributed by atoms with E-state index in [2.05, 4.69) is 10.6 Å². The van der Waals surface area contributed by atoms with Crippen molar-refractivity contribution in [2.45, 2.75) is 45.5 Å².